The van der Waals surface area contributed by atoms with Gasteiger partial charge in [-0.2, -0.15) is 0 Å². The van der Waals surface area contributed by atoms with Crippen molar-refractivity contribution in [3.8, 4) is 11.1 Å². The second kappa shape index (κ2) is 8.04. The highest BCUT2D eigenvalue weighted by atomic mass is 15.0. The summed E-state index contributed by atoms with van der Waals surface area (Å²) in [5, 5.41) is 6.31. The Morgan fingerprint density at radius 3 is 1.36 bits per heavy atom. The van der Waals surface area contributed by atoms with Crippen LogP contribution in [0.3, 0.4) is 0 Å². The zero-order valence-electron chi connectivity index (χ0n) is 27.1. The van der Waals surface area contributed by atoms with Gasteiger partial charge in [0.2, 0.25) is 0 Å². The van der Waals surface area contributed by atoms with Crippen LogP contribution in [0.25, 0.3) is 49.2 Å². The molecule has 5 fully saturated rings. The van der Waals surface area contributed by atoms with E-state index in [2.05, 4.69) is 46.9 Å². The summed E-state index contributed by atoms with van der Waals surface area (Å²) in [5.74, 6) is 7.48. The van der Waals surface area contributed by atoms with Crippen LogP contribution < -0.4 is 0 Å². The molecular weight excluding hydrogens is 571 g/mol. The fourth-order valence-corrected chi connectivity index (χ4v) is 14.3. The first-order chi connectivity index (χ1) is 23.2. The van der Waals surface area contributed by atoms with Crippen LogP contribution in [0, 0.1) is 23.7 Å². The Morgan fingerprint density at radius 1 is 0.426 bits per heavy atom. The molecule has 3 nitrogen and oxygen atoms in total. The normalized spacial score (nSPS) is 36.8. The Bertz CT molecular complexity index is 2220. The van der Waals surface area contributed by atoms with Gasteiger partial charge in [-0.15, -0.1) is 0 Å². The molecule has 5 saturated carbocycles. The van der Waals surface area contributed by atoms with Crippen molar-refractivity contribution in [1.82, 2.24) is 14.4 Å². The second-order valence-electron chi connectivity index (χ2n) is 18.1. The van der Waals surface area contributed by atoms with Crippen molar-refractivity contribution in [2.45, 2.75) is 113 Å². The van der Waals surface area contributed by atoms with E-state index in [1.807, 2.05) is 0 Å². The molecular formula is C44H41N3. The fraction of sp³-hybridized carbons (Fsp3) is 0.500. The molecule has 9 aliphatic carbocycles. The van der Waals surface area contributed by atoms with Crippen LogP contribution in [0.5, 0.6) is 0 Å². The minimum absolute atomic E-state index is 0.577. The zero-order chi connectivity index (χ0) is 29.9. The molecule has 2 aliphatic heterocycles. The summed E-state index contributed by atoms with van der Waals surface area (Å²) in [6.07, 6.45) is 16.6. The van der Waals surface area contributed by atoms with Crippen molar-refractivity contribution >= 4 is 38.1 Å². The third-order valence-electron chi connectivity index (χ3n) is 15.7. The Hall–Kier alpha value is -3.46. The van der Waals surface area contributed by atoms with Gasteiger partial charge in [-0.05, 0) is 147 Å². The van der Waals surface area contributed by atoms with Crippen molar-refractivity contribution in [2.75, 3.05) is 0 Å². The smallest absolute Gasteiger partial charge is 0.0764 e. The molecule has 0 radical (unpaired) electrons. The lowest BCUT2D eigenvalue weighted by molar-refractivity contribution is 0.165. The molecule has 3 heteroatoms. The summed E-state index contributed by atoms with van der Waals surface area (Å²) < 4.78 is 2.82. The lowest BCUT2D eigenvalue weighted by Gasteiger charge is -2.38. The topological polar surface area (TPSA) is 30.2 Å². The van der Waals surface area contributed by atoms with E-state index in [0.29, 0.717) is 35.5 Å². The number of nitrogens with zero attached hydrogens (tertiary/aromatic N) is 3. The molecule has 232 valence electrons. The summed E-state index contributed by atoms with van der Waals surface area (Å²) in [6.45, 7) is 0. The average Bonchev–Trinajstić information content (AvgIpc) is 3.44. The quantitative estimate of drug-likeness (QED) is 0.185. The van der Waals surface area contributed by atoms with E-state index in [-0.39, 0.29) is 0 Å². The first kappa shape index (κ1) is 24.6. The minimum Gasteiger partial charge on any atom is -0.304 e. The van der Waals surface area contributed by atoms with E-state index in [1.54, 1.807) is 33.3 Å². The van der Waals surface area contributed by atoms with E-state index in [9.17, 15) is 0 Å². The molecule has 4 atom stereocenters. The molecule has 0 N–H and O–H groups in total. The van der Waals surface area contributed by atoms with Crippen LogP contribution in [-0.4, -0.2) is 14.4 Å². The van der Waals surface area contributed by atoms with Crippen LogP contribution in [0.2, 0.25) is 0 Å². The second-order valence-corrected chi connectivity index (χ2v) is 18.1. The Balaban J connectivity index is 1.22. The van der Waals surface area contributed by atoms with Gasteiger partial charge >= 0.3 is 0 Å². The van der Waals surface area contributed by atoms with Crippen LogP contribution >= 0.6 is 0 Å². The average molecular weight is 612 g/mol. The Morgan fingerprint density at radius 2 is 0.872 bits per heavy atom. The number of aromatic nitrogens is 3. The van der Waals surface area contributed by atoms with Crippen LogP contribution in [0.4, 0.5) is 0 Å². The summed E-state index contributed by atoms with van der Waals surface area (Å²) in [4.78, 5) is 11.9. The molecule has 0 amide bonds. The van der Waals surface area contributed by atoms with Gasteiger partial charge in [0.25, 0.3) is 0 Å². The van der Waals surface area contributed by atoms with Gasteiger partial charge in [-0.25, -0.2) is 0 Å². The van der Waals surface area contributed by atoms with Gasteiger partial charge in [0.05, 0.1) is 27.9 Å². The number of hydrogen-bond donors (Lipinski definition) is 0. The molecule has 6 aromatic rings. The number of hydrogen-bond acceptors (Lipinski definition) is 2. The van der Waals surface area contributed by atoms with Crippen molar-refractivity contribution in [1.29, 1.82) is 0 Å². The van der Waals surface area contributed by atoms with Crippen molar-refractivity contribution in [3.05, 3.63) is 76.4 Å². The van der Waals surface area contributed by atoms with Gasteiger partial charge in [-0.1, -0.05) is 30.3 Å². The maximum atomic E-state index is 5.95. The molecule has 11 aliphatic rings. The van der Waals surface area contributed by atoms with Crippen molar-refractivity contribution in [2.24, 2.45) is 23.7 Å². The fourth-order valence-electron chi connectivity index (χ4n) is 14.3. The third-order valence-corrected chi connectivity index (χ3v) is 15.7. The maximum Gasteiger partial charge on any atom is 0.0764 e. The first-order valence-electron chi connectivity index (χ1n) is 19.4. The van der Waals surface area contributed by atoms with Crippen LogP contribution in [-0.2, 0) is 0 Å². The largest absolute Gasteiger partial charge is 0.304 e. The predicted octanol–water partition coefficient (Wildman–Crippen LogP) is 11.1. The lowest BCUT2D eigenvalue weighted by atomic mass is 9.67. The molecule has 47 heavy (non-hydrogen) atoms. The van der Waals surface area contributed by atoms with Gasteiger partial charge < -0.3 is 4.40 Å². The third kappa shape index (κ3) is 2.85. The molecule has 4 unspecified atom stereocenters. The van der Waals surface area contributed by atoms with Crippen molar-refractivity contribution in [3.63, 3.8) is 0 Å². The Kier molecular flexibility index (Phi) is 4.22. The predicted molar refractivity (Wildman–Crippen MR) is 188 cm³/mol. The molecule has 17 rings (SSSR count). The number of benzene rings is 2. The zero-order valence-corrected chi connectivity index (χ0v) is 27.1. The van der Waals surface area contributed by atoms with Crippen LogP contribution in [0.15, 0.2) is 42.5 Å². The molecule has 2 aromatic carbocycles. The van der Waals surface area contributed by atoms with Crippen molar-refractivity contribution < 1.29 is 0 Å². The van der Waals surface area contributed by atoms with Crippen LogP contribution in [0.1, 0.15) is 146 Å². The highest BCUT2D eigenvalue weighted by Gasteiger charge is 2.49. The molecule has 0 spiro atoms. The minimum atomic E-state index is 0.577. The lowest BCUT2D eigenvalue weighted by Crippen LogP contribution is -2.26. The standard InChI is InChI=1S/C44H41N3/c1-2-4-24(5-3-1)25-18-32-36-34-26-8-20-6-21(9-26)13-28(12-20)38(34)45-40-30-16-31(17-30)41-44-37(33(19-25)42(32)47(44)43(36)40)35-27-10-22-7-23(11-27)15-29(14-22)39(35)46-41/h1-5,18-23,26-31H,6-17H2. The summed E-state index contributed by atoms with van der Waals surface area (Å²) >= 11 is 0. The molecule has 6 heterocycles. The first-order valence-corrected chi connectivity index (χ1v) is 19.4. The van der Waals surface area contributed by atoms with Gasteiger partial charge in [0, 0.05) is 56.6 Å². The van der Waals surface area contributed by atoms with E-state index < -0.39 is 0 Å². The molecule has 0 saturated heterocycles. The highest BCUT2D eigenvalue weighted by molar-refractivity contribution is 6.27. The maximum absolute atomic E-state index is 5.95. The number of fused-ring (bicyclic) bond motifs is 2. The molecule has 4 aromatic heterocycles. The number of pyridine rings is 2. The SMILES string of the molecule is c1ccc(-c2cc3c4c5c(nc6c4n4c7c(nc8c(c7c(c2)c34)C2CC3CC(CC8C3)C2)C2CC6C2)C2CC3CC(C2)CC5C3)cc1. The van der Waals surface area contributed by atoms with Gasteiger partial charge in [0.1, 0.15) is 0 Å². The summed E-state index contributed by atoms with van der Waals surface area (Å²) in [6, 6.07) is 16.6. The van der Waals surface area contributed by atoms with E-state index in [0.717, 1.165) is 23.7 Å². The summed E-state index contributed by atoms with van der Waals surface area (Å²) in [5.41, 5.74) is 16.7. The monoisotopic (exact) mass is 611 g/mol. The van der Waals surface area contributed by atoms with Gasteiger partial charge in [0.15, 0.2) is 0 Å². The number of rotatable bonds is 1. The van der Waals surface area contributed by atoms with Gasteiger partial charge in [-0.3, -0.25) is 9.97 Å². The van der Waals surface area contributed by atoms with E-state index in [1.165, 1.54) is 127 Å². The molecule has 10 bridgehead atoms. The summed E-state index contributed by atoms with van der Waals surface area (Å²) in [7, 11) is 0. The Labute approximate surface area is 275 Å². The highest BCUT2D eigenvalue weighted by Crippen LogP contribution is 2.63. The van der Waals surface area contributed by atoms with E-state index in [4.69, 9.17) is 9.97 Å². The van der Waals surface area contributed by atoms with E-state index >= 15 is 0 Å².